The molecule has 0 atom stereocenters. The fraction of sp³-hybridized carbons (Fsp3) is 0.800. The maximum absolute atomic E-state index is 2.33. The minimum Gasteiger partial charge on any atom is -0.145 e. The van der Waals surface area contributed by atoms with E-state index in [0.29, 0.717) is 0 Å². The first-order valence-corrected chi connectivity index (χ1v) is 10.2. The molecule has 1 heteroatoms. The lowest BCUT2D eigenvalue weighted by Crippen LogP contribution is -1.97. The largest absolute Gasteiger partial charge is 0.145 e. The van der Waals surface area contributed by atoms with Crippen LogP contribution in [0.25, 0.3) is 0 Å². The quantitative estimate of drug-likeness (QED) is 0.361. The van der Waals surface area contributed by atoms with E-state index in [0.717, 1.165) is 0 Å². The van der Waals surface area contributed by atoms with Gasteiger partial charge in [-0.1, -0.05) is 66.2 Å². The first-order chi connectivity index (χ1) is 10.3. The molecule has 0 saturated carbocycles. The van der Waals surface area contributed by atoms with E-state index < -0.39 is 0 Å². The molecule has 0 aliphatic heterocycles. The van der Waals surface area contributed by atoms with Crippen molar-refractivity contribution in [3.05, 3.63) is 20.9 Å². The molecule has 0 saturated heterocycles. The standard InChI is InChI=1S/C20H36S/c1-5-9-11-15-18-17(13-7-3)19(14-8-4)21-20(18)16-12-10-6-2/h5-16H2,1-4H3. The topological polar surface area (TPSA) is 0 Å². The number of hydrogen-bond acceptors (Lipinski definition) is 1. The molecule has 122 valence electrons. The molecule has 0 bridgehead atoms. The number of hydrogen-bond donors (Lipinski definition) is 0. The summed E-state index contributed by atoms with van der Waals surface area (Å²) in [6, 6.07) is 0. The Morgan fingerprint density at radius 1 is 0.524 bits per heavy atom. The lowest BCUT2D eigenvalue weighted by atomic mass is 9.96. The third-order valence-electron chi connectivity index (χ3n) is 4.30. The minimum atomic E-state index is 1.29. The van der Waals surface area contributed by atoms with Crippen molar-refractivity contribution in [1.29, 1.82) is 0 Å². The second kappa shape index (κ2) is 11.3. The molecule has 1 aromatic rings. The smallest absolute Gasteiger partial charge is 0.00830 e. The molecule has 0 nitrogen and oxygen atoms in total. The number of unbranched alkanes of at least 4 members (excludes halogenated alkanes) is 4. The van der Waals surface area contributed by atoms with E-state index in [1.165, 1.54) is 77.0 Å². The van der Waals surface area contributed by atoms with Gasteiger partial charge < -0.3 is 0 Å². The molecule has 0 unspecified atom stereocenters. The van der Waals surface area contributed by atoms with Crippen molar-refractivity contribution >= 4 is 11.3 Å². The maximum Gasteiger partial charge on any atom is 0.00830 e. The minimum absolute atomic E-state index is 1.29. The Labute approximate surface area is 137 Å². The fourth-order valence-electron chi connectivity index (χ4n) is 3.16. The summed E-state index contributed by atoms with van der Waals surface area (Å²) < 4.78 is 0. The van der Waals surface area contributed by atoms with Crippen LogP contribution in [-0.4, -0.2) is 0 Å². The Morgan fingerprint density at radius 2 is 1.05 bits per heavy atom. The molecular formula is C20H36S. The van der Waals surface area contributed by atoms with Crippen LogP contribution in [0, 0.1) is 0 Å². The van der Waals surface area contributed by atoms with Crippen molar-refractivity contribution in [2.24, 2.45) is 0 Å². The predicted octanol–water partition coefficient (Wildman–Crippen LogP) is 7.12. The van der Waals surface area contributed by atoms with E-state index >= 15 is 0 Å². The monoisotopic (exact) mass is 308 g/mol. The summed E-state index contributed by atoms with van der Waals surface area (Å²) >= 11 is 2.16. The molecule has 0 fully saturated rings. The van der Waals surface area contributed by atoms with Crippen LogP contribution in [0.1, 0.15) is 99.9 Å². The van der Waals surface area contributed by atoms with Gasteiger partial charge in [0.2, 0.25) is 0 Å². The summed E-state index contributed by atoms with van der Waals surface area (Å²) in [5.74, 6) is 0. The predicted molar refractivity (Wildman–Crippen MR) is 98.8 cm³/mol. The molecule has 0 aliphatic rings. The molecule has 0 radical (unpaired) electrons. The first-order valence-electron chi connectivity index (χ1n) is 9.40. The van der Waals surface area contributed by atoms with Crippen molar-refractivity contribution in [1.82, 2.24) is 0 Å². The zero-order chi connectivity index (χ0) is 15.5. The van der Waals surface area contributed by atoms with Gasteiger partial charge in [0.1, 0.15) is 0 Å². The molecule has 0 spiro atoms. The summed E-state index contributed by atoms with van der Waals surface area (Å²) in [6.45, 7) is 9.27. The molecule has 21 heavy (non-hydrogen) atoms. The zero-order valence-corrected chi connectivity index (χ0v) is 15.7. The summed E-state index contributed by atoms with van der Waals surface area (Å²) in [4.78, 5) is 3.46. The summed E-state index contributed by atoms with van der Waals surface area (Å²) in [5, 5.41) is 0. The van der Waals surface area contributed by atoms with Crippen LogP contribution in [0.4, 0.5) is 0 Å². The summed E-state index contributed by atoms with van der Waals surface area (Å²) in [5.41, 5.74) is 3.53. The van der Waals surface area contributed by atoms with Crippen LogP contribution >= 0.6 is 11.3 Å². The molecule has 1 heterocycles. The van der Waals surface area contributed by atoms with E-state index in [1.54, 1.807) is 20.9 Å². The molecule has 0 aliphatic carbocycles. The zero-order valence-electron chi connectivity index (χ0n) is 14.9. The van der Waals surface area contributed by atoms with Gasteiger partial charge in [-0.2, -0.15) is 0 Å². The van der Waals surface area contributed by atoms with Crippen molar-refractivity contribution < 1.29 is 0 Å². The van der Waals surface area contributed by atoms with Crippen LogP contribution in [0.5, 0.6) is 0 Å². The van der Waals surface area contributed by atoms with Crippen molar-refractivity contribution in [3.63, 3.8) is 0 Å². The highest BCUT2D eigenvalue weighted by atomic mass is 32.1. The normalized spacial score (nSPS) is 11.2. The van der Waals surface area contributed by atoms with Gasteiger partial charge in [0.05, 0.1) is 0 Å². The molecular weight excluding hydrogens is 272 g/mol. The number of aryl methyl sites for hydroxylation is 2. The third-order valence-corrected chi connectivity index (χ3v) is 5.69. The van der Waals surface area contributed by atoms with Gasteiger partial charge >= 0.3 is 0 Å². The Morgan fingerprint density at radius 3 is 1.62 bits per heavy atom. The number of rotatable bonds is 12. The molecule has 0 aromatic carbocycles. The Hall–Kier alpha value is -0.300. The number of thiophene rings is 1. The molecule has 0 N–H and O–H groups in total. The Balaban J connectivity index is 2.91. The summed E-state index contributed by atoms with van der Waals surface area (Å²) in [7, 11) is 0. The van der Waals surface area contributed by atoms with Gasteiger partial charge in [0.25, 0.3) is 0 Å². The lowest BCUT2D eigenvalue weighted by molar-refractivity contribution is 0.694. The lowest BCUT2D eigenvalue weighted by Gasteiger charge is -2.08. The second-order valence-corrected chi connectivity index (χ2v) is 7.51. The van der Waals surface area contributed by atoms with Crippen molar-refractivity contribution in [3.8, 4) is 0 Å². The van der Waals surface area contributed by atoms with Gasteiger partial charge in [-0.15, -0.1) is 11.3 Å². The van der Waals surface area contributed by atoms with Crippen molar-refractivity contribution in [2.75, 3.05) is 0 Å². The summed E-state index contributed by atoms with van der Waals surface area (Å²) in [6.07, 6.45) is 16.1. The van der Waals surface area contributed by atoms with Crippen LogP contribution in [0.15, 0.2) is 0 Å². The van der Waals surface area contributed by atoms with Crippen molar-refractivity contribution in [2.45, 2.75) is 105 Å². The van der Waals surface area contributed by atoms with E-state index in [-0.39, 0.29) is 0 Å². The van der Waals surface area contributed by atoms with E-state index in [2.05, 4.69) is 39.0 Å². The highest BCUT2D eigenvalue weighted by Gasteiger charge is 2.16. The average molecular weight is 309 g/mol. The van der Waals surface area contributed by atoms with E-state index in [9.17, 15) is 0 Å². The highest BCUT2D eigenvalue weighted by Crippen LogP contribution is 2.33. The Kier molecular flexibility index (Phi) is 10.1. The van der Waals surface area contributed by atoms with Gasteiger partial charge in [-0.25, -0.2) is 0 Å². The first kappa shape index (κ1) is 18.7. The van der Waals surface area contributed by atoms with Gasteiger partial charge in [0, 0.05) is 9.75 Å². The third kappa shape index (κ3) is 6.14. The van der Waals surface area contributed by atoms with Crippen LogP contribution < -0.4 is 0 Å². The van der Waals surface area contributed by atoms with Crippen LogP contribution in [0.3, 0.4) is 0 Å². The van der Waals surface area contributed by atoms with Gasteiger partial charge in [0.15, 0.2) is 0 Å². The average Bonchev–Trinajstić information content (AvgIpc) is 2.79. The molecule has 1 rings (SSSR count). The van der Waals surface area contributed by atoms with Gasteiger partial charge in [-0.3, -0.25) is 0 Å². The molecule has 1 aromatic heterocycles. The second-order valence-electron chi connectivity index (χ2n) is 6.32. The van der Waals surface area contributed by atoms with E-state index in [4.69, 9.17) is 0 Å². The molecule has 0 amide bonds. The van der Waals surface area contributed by atoms with Gasteiger partial charge in [-0.05, 0) is 49.7 Å². The highest BCUT2D eigenvalue weighted by molar-refractivity contribution is 7.12. The van der Waals surface area contributed by atoms with E-state index in [1.807, 2.05) is 0 Å². The van der Waals surface area contributed by atoms with Crippen LogP contribution in [-0.2, 0) is 25.7 Å². The maximum atomic E-state index is 2.33. The Bertz CT molecular complexity index is 375. The SMILES string of the molecule is CCCCCc1sc(CCC)c(CCC)c1CCCCC. The van der Waals surface area contributed by atoms with Crippen LogP contribution in [0.2, 0.25) is 0 Å². The fourth-order valence-corrected chi connectivity index (χ4v) is 4.70.